The largest absolute Gasteiger partial charge is 0.489 e. The molecule has 0 heterocycles. The lowest BCUT2D eigenvalue weighted by Gasteiger charge is -2.13. The van der Waals surface area contributed by atoms with Crippen LogP contribution in [0.4, 0.5) is 5.69 Å². The van der Waals surface area contributed by atoms with Gasteiger partial charge in [-0.3, -0.25) is 9.59 Å². The molecule has 3 aromatic rings. The summed E-state index contributed by atoms with van der Waals surface area (Å²) >= 11 is 0. The van der Waals surface area contributed by atoms with Crippen LogP contribution in [-0.4, -0.2) is 20.2 Å². The zero-order valence-electron chi connectivity index (χ0n) is 19.9. The Labute approximate surface area is 206 Å². The molecule has 35 heavy (non-hydrogen) atoms. The molecule has 0 bridgehead atoms. The maximum atomic E-state index is 12.9. The van der Waals surface area contributed by atoms with E-state index in [0.29, 0.717) is 24.3 Å². The molecule has 0 atom stereocenters. The third-order valence-electron chi connectivity index (χ3n) is 5.30. The van der Waals surface area contributed by atoms with Crippen LogP contribution < -0.4 is 14.8 Å². The fourth-order valence-electron chi connectivity index (χ4n) is 3.37. The van der Waals surface area contributed by atoms with Gasteiger partial charge in [-0.05, 0) is 49.2 Å². The summed E-state index contributed by atoms with van der Waals surface area (Å²) in [5.74, 6) is -0.556. The second-order valence-corrected chi connectivity index (χ2v) is 9.89. The number of sulfonamides is 1. The summed E-state index contributed by atoms with van der Waals surface area (Å²) in [7, 11) is -4.14. The quantitative estimate of drug-likeness (QED) is 0.356. The molecule has 0 aliphatic rings. The number of ether oxygens (including phenoxy) is 1. The van der Waals surface area contributed by atoms with Crippen LogP contribution in [0.3, 0.4) is 0 Å². The Morgan fingerprint density at radius 2 is 1.66 bits per heavy atom. The van der Waals surface area contributed by atoms with Crippen LogP contribution in [0.1, 0.15) is 54.1 Å². The molecule has 2 amide bonds. The fraction of sp³-hybridized carbons (Fsp3) is 0.259. The highest BCUT2D eigenvalue weighted by molar-refractivity contribution is 7.90. The number of carbonyl (C=O) groups excluding carboxylic acids is 2. The number of hydrogen-bond acceptors (Lipinski definition) is 5. The first-order valence-electron chi connectivity index (χ1n) is 11.5. The normalized spacial score (nSPS) is 11.0. The number of aryl methyl sites for hydroxylation is 1. The van der Waals surface area contributed by atoms with Gasteiger partial charge in [0, 0.05) is 12.0 Å². The van der Waals surface area contributed by atoms with Gasteiger partial charge in [0.15, 0.2) is 0 Å². The number of nitrogens with one attached hydrogen (secondary N) is 2. The highest BCUT2D eigenvalue weighted by atomic mass is 32.2. The van der Waals surface area contributed by atoms with E-state index in [-0.39, 0.29) is 17.0 Å². The van der Waals surface area contributed by atoms with E-state index in [2.05, 4.69) is 10.0 Å². The third-order valence-corrected chi connectivity index (χ3v) is 6.73. The van der Waals surface area contributed by atoms with E-state index in [1.165, 1.54) is 18.2 Å². The van der Waals surface area contributed by atoms with Crippen molar-refractivity contribution in [1.82, 2.24) is 4.72 Å². The molecule has 0 aromatic heterocycles. The Bertz CT molecular complexity index is 1270. The summed E-state index contributed by atoms with van der Waals surface area (Å²) in [6.07, 6.45) is 2.50. The lowest BCUT2D eigenvalue weighted by molar-refractivity contribution is -0.119. The number of benzene rings is 3. The van der Waals surface area contributed by atoms with Gasteiger partial charge in [0.1, 0.15) is 17.3 Å². The fourth-order valence-corrected chi connectivity index (χ4v) is 4.55. The summed E-state index contributed by atoms with van der Waals surface area (Å²) in [5, 5.41) is 2.64. The SMILES string of the molecule is CCCCCC(=O)NS(=O)(=O)c1ccccc1NC(=O)c1cccc(OCc2ccc(C)cc2)c1. The molecule has 0 saturated heterocycles. The van der Waals surface area contributed by atoms with E-state index in [1.54, 1.807) is 30.3 Å². The summed E-state index contributed by atoms with van der Waals surface area (Å²) in [4.78, 5) is 24.8. The Hall–Kier alpha value is -3.65. The molecule has 2 N–H and O–H groups in total. The minimum absolute atomic E-state index is 0.0809. The van der Waals surface area contributed by atoms with Crippen molar-refractivity contribution >= 4 is 27.5 Å². The predicted octanol–water partition coefficient (Wildman–Crippen LogP) is 5.21. The first kappa shape index (κ1) is 26.0. The number of rotatable bonds is 11. The molecule has 0 unspecified atom stereocenters. The van der Waals surface area contributed by atoms with E-state index < -0.39 is 21.8 Å². The molecule has 3 rings (SSSR count). The highest BCUT2D eigenvalue weighted by Gasteiger charge is 2.22. The van der Waals surface area contributed by atoms with Crippen molar-refractivity contribution in [2.45, 2.75) is 51.0 Å². The maximum Gasteiger partial charge on any atom is 0.266 e. The van der Waals surface area contributed by atoms with E-state index in [9.17, 15) is 18.0 Å². The smallest absolute Gasteiger partial charge is 0.266 e. The van der Waals surface area contributed by atoms with Crippen molar-refractivity contribution in [1.29, 1.82) is 0 Å². The van der Waals surface area contributed by atoms with E-state index >= 15 is 0 Å². The Kier molecular flexibility index (Phi) is 9.03. The average molecular weight is 495 g/mol. The Morgan fingerprint density at radius 3 is 2.40 bits per heavy atom. The van der Waals surface area contributed by atoms with Gasteiger partial charge >= 0.3 is 0 Å². The monoisotopic (exact) mass is 494 g/mol. The Morgan fingerprint density at radius 1 is 0.914 bits per heavy atom. The van der Waals surface area contributed by atoms with Crippen molar-refractivity contribution < 1.29 is 22.7 Å². The zero-order chi connectivity index (χ0) is 25.3. The van der Waals surface area contributed by atoms with Gasteiger partial charge < -0.3 is 10.1 Å². The van der Waals surface area contributed by atoms with Crippen LogP contribution in [-0.2, 0) is 21.4 Å². The summed E-state index contributed by atoms with van der Waals surface area (Å²) in [5.41, 5.74) is 2.55. The number of anilines is 1. The highest BCUT2D eigenvalue weighted by Crippen LogP contribution is 2.23. The number of amides is 2. The molecule has 0 saturated carbocycles. The minimum Gasteiger partial charge on any atom is -0.489 e. The third kappa shape index (κ3) is 7.68. The van der Waals surface area contributed by atoms with Crippen molar-refractivity contribution in [2.75, 3.05) is 5.32 Å². The van der Waals surface area contributed by atoms with E-state index in [0.717, 1.165) is 24.0 Å². The van der Waals surface area contributed by atoms with Crippen molar-refractivity contribution in [3.63, 3.8) is 0 Å². The molecular weight excluding hydrogens is 464 g/mol. The molecule has 0 spiro atoms. The van der Waals surface area contributed by atoms with E-state index in [1.807, 2.05) is 38.1 Å². The summed E-state index contributed by atoms with van der Waals surface area (Å²) in [6, 6.07) is 20.6. The molecule has 8 heteroatoms. The van der Waals surface area contributed by atoms with Gasteiger partial charge in [-0.25, -0.2) is 13.1 Å². The molecule has 0 aliphatic carbocycles. The summed E-state index contributed by atoms with van der Waals surface area (Å²) in [6.45, 7) is 4.36. The van der Waals surface area contributed by atoms with Gasteiger partial charge in [0.25, 0.3) is 15.9 Å². The molecule has 0 fully saturated rings. The second-order valence-electron chi connectivity index (χ2n) is 8.24. The molecule has 7 nitrogen and oxygen atoms in total. The topological polar surface area (TPSA) is 102 Å². The van der Waals surface area contributed by atoms with Crippen molar-refractivity contribution in [2.24, 2.45) is 0 Å². The van der Waals surface area contributed by atoms with Crippen molar-refractivity contribution in [3.8, 4) is 5.75 Å². The Balaban J connectivity index is 1.70. The number of carbonyl (C=O) groups is 2. The van der Waals surface area contributed by atoms with E-state index in [4.69, 9.17) is 4.74 Å². The van der Waals surface area contributed by atoms with Crippen molar-refractivity contribution in [3.05, 3.63) is 89.5 Å². The predicted molar refractivity (Wildman–Crippen MR) is 136 cm³/mol. The first-order chi connectivity index (χ1) is 16.8. The molecule has 184 valence electrons. The molecule has 0 radical (unpaired) electrons. The van der Waals surface area contributed by atoms with Crippen LogP contribution in [0.2, 0.25) is 0 Å². The number of para-hydroxylation sites is 1. The summed E-state index contributed by atoms with van der Waals surface area (Å²) < 4.78 is 33.5. The zero-order valence-corrected chi connectivity index (χ0v) is 20.7. The van der Waals surface area contributed by atoms with Gasteiger partial charge in [0.05, 0.1) is 5.69 Å². The van der Waals surface area contributed by atoms with Crippen LogP contribution in [0, 0.1) is 6.92 Å². The lowest BCUT2D eigenvalue weighted by Crippen LogP contribution is -2.31. The molecule has 0 aliphatic heterocycles. The van der Waals surface area contributed by atoms with Gasteiger partial charge in [-0.1, -0.05) is 67.8 Å². The minimum atomic E-state index is -4.14. The van der Waals surface area contributed by atoms with Crippen LogP contribution in [0.25, 0.3) is 0 Å². The standard InChI is InChI=1S/C27H30N2O5S/c1-3-4-5-13-26(30)29-35(32,33)25-12-7-6-11-24(25)28-27(31)22-9-8-10-23(18-22)34-19-21-16-14-20(2)15-17-21/h6-12,14-18H,3-5,13,19H2,1-2H3,(H,28,31)(H,29,30). The van der Waals surface area contributed by atoms with Crippen LogP contribution >= 0.6 is 0 Å². The van der Waals surface area contributed by atoms with Crippen LogP contribution in [0.15, 0.2) is 77.7 Å². The van der Waals surface area contributed by atoms with Gasteiger partial charge in [0.2, 0.25) is 5.91 Å². The average Bonchev–Trinajstić information content (AvgIpc) is 2.84. The first-order valence-corrected chi connectivity index (χ1v) is 13.0. The number of hydrogen-bond donors (Lipinski definition) is 2. The molecular formula is C27H30N2O5S. The van der Waals surface area contributed by atoms with Crippen LogP contribution in [0.5, 0.6) is 5.75 Å². The lowest BCUT2D eigenvalue weighted by atomic mass is 10.1. The molecule has 3 aromatic carbocycles. The maximum absolute atomic E-state index is 12.9. The second kappa shape index (κ2) is 12.2. The number of unbranched alkanes of at least 4 members (excludes halogenated alkanes) is 2. The van der Waals surface area contributed by atoms with Gasteiger partial charge in [-0.15, -0.1) is 0 Å². The van der Waals surface area contributed by atoms with Gasteiger partial charge in [-0.2, -0.15) is 0 Å².